The summed E-state index contributed by atoms with van der Waals surface area (Å²) in [7, 11) is 0. The lowest BCUT2D eigenvalue weighted by Gasteiger charge is -2.10. The number of amides is 1. The van der Waals surface area contributed by atoms with E-state index in [9.17, 15) is 4.79 Å². The van der Waals surface area contributed by atoms with Gasteiger partial charge in [0.15, 0.2) is 0 Å². The van der Waals surface area contributed by atoms with E-state index in [0.29, 0.717) is 17.1 Å². The molecule has 4 rings (SSSR count). The predicted octanol–water partition coefficient (Wildman–Crippen LogP) is 6.11. The zero-order valence-corrected chi connectivity index (χ0v) is 17.0. The highest BCUT2D eigenvalue weighted by molar-refractivity contribution is 7.99. The van der Waals surface area contributed by atoms with Crippen molar-refractivity contribution in [1.82, 2.24) is 5.32 Å². The molecule has 1 amide bonds. The quantitative estimate of drug-likeness (QED) is 0.444. The molecule has 28 heavy (non-hydrogen) atoms. The lowest BCUT2D eigenvalue weighted by Crippen LogP contribution is -2.23. The maximum Gasteiger partial charge on any atom is 0.251 e. The van der Waals surface area contributed by atoms with Gasteiger partial charge in [0, 0.05) is 38.0 Å². The molecule has 0 bridgehead atoms. The van der Waals surface area contributed by atoms with Gasteiger partial charge in [0.2, 0.25) is 0 Å². The predicted molar refractivity (Wildman–Crippen MR) is 116 cm³/mol. The summed E-state index contributed by atoms with van der Waals surface area (Å²) in [5, 5.41) is 3.58. The molecule has 0 unspecified atom stereocenters. The molecule has 1 aliphatic heterocycles. The summed E-state index contributed by atoms with van der Waals surface area (Å²) in [5.41, 5.74) is 4.12. The Morgan fingerprint density at radius 3 is 2.54 bits per heavy atom. The van der Waals surface area contributed by atoms with Crippen molar-refractivity contribution in [3.05, 3.63) is 88.4 Å². The highest BCUT2D eigenvalue weighted by Gasteiger charge is 2.21. The number of halogens is 1. The van der Waals surface area contributed by atoms with Gasteiger partial charge in [-0.25, -0.2) is 4.99 Å². The van der Waals surface area contributed by atoms with E-state index in [1.54, 1.807) is 11.8 Å². The molecule has 140 valence electrons. The van der Waals surface area contributed by atoms with Crippen LogP contribution in [0.5, 0.6) is 0 Å². The number of hydrogen-bond donors (Lipinski definition) is 1. The molecular formula is C23H19ClN2OS. The minimum atomic E-state index is -0.0779. The Morgan fingerprint density at radius 1 is 1.00 bits per heavy atom. The van der Waals surface area contributed by atoms with Gasteiger partial charge in [0.05, 0.1) is 11.4 Å². The minimum Gasteiger partial charge on any atom is -0.352 e. The Kier molecular flexibility index (Phi) is 5.51. The molecule has 1 heterocycles. The molecule has 3 aromatic rings. The number of nitrogens with zero attached hydrogens (tertiary/aromatic N) is 1. The lowest BCUT2D eigenvalue weighted by molar-refractivity contribution is 0.0953. The van der Waals surface area contributed by atoms with Crippen molar-refractivity contribution < 1.29 is 4.79 Å². The molecule has 0 saturated carbocycles. The second kappa shape index (κ2) is 8.21. The van der Waals surface area contributed by atoms with Crippen LogP contribution in [0.15, 0.2) is 81.5 Å². The van der Waals surface area contributed by atoms with Crippen molar-refractivity contribution in [2.45, 2.75) is 23.1 Å². The summed E-state index contributed by atoms with van der Waals surface area (Å²) in [6, 6.07) is 21.6. The largest absolute Gasteiger partial charge is 0.352 e. The number of carbonyl (C=O) groups is 1. The van der Waals surface area contributed by atoms with Crippen molar-refractivity contribution in [2.24, 2.45) is 4.99 Å². The number of fused-ring (bicyclic) bond motifs is 2. The van der Waals surface area contributed by atoms with Crippen molar-refractivity contribution in [2.75, 3.05) is 6.54 Å². The number of aliphatic imine (C=N–C) groups is 1. The SMILES string of the molecule is CCCNC(=O)c1ccc2c(c1)N=C(c1ccccc1Cl)c1ccccc1S2. The Hall–Kier alpha value is -2.56. The topological polar surface area (TPSA) is 41.5 Å². The van der Waals surface area contributed by atoms with Crippen LogP contribution >= 0.6 is 23.4 Å². The molecule has 0 radical (unpaired) electrons. The van der Waals surface area contributed by atoms with Gasteiger partial charge >= 0.3 is 0 Å². The van der Waals surface area contributed by atoms with Crippen LogP contribution in [0.2, 0.25) is 5.02 Å². The molecule has 0 atom stereocenters. The van der Waals surface area contributed by atoms with Crippen LogP contribution in [0.4, 0.5) is 5.69 Å². The molecule has 0 spiro atoms. The number of benzene rings is 3. The number of nitrogens with one attached hydrogen (secondary N) is 1. The summed E-state index contributed by atoms with van der Waals surface area (Å²) >= 11 is 8.15. The van der Waals surface area contributed by atoms with E-state index >= 15 is 0 Å². The zero-order chi connectivity index (χ0) is 19.5. The standard InChI is InChI=1S/C23H19ClN2OS/c1-2-13-25-23(27)15-11-12-21-19(14-15)26-22(16-7-3-5-9-18(16)24)17-8-4-6-10-20(17)28-21/h3-12,14H,2,13H2,1H3,(H,25,27). The first-order valence-electron chi connectivity index (χ1n) is 9.20. The van der Waals surface area contributed by atoms with Crippen LogP contribution in [0.1, 0.15) is 34.8 Å². The zero-order valence-electron chi connectivity index (χ0n) is 15.4. The Bertz CT molecular complexity index is 1080. The first-order valence-corrected chi connectivity index (χ1v) is 10.4. The second-order valence-corrected chi connectivity index (χ2v) is 7.97. The molecule has 1 N–H and O–H groups in total. The third kappa shape index (κ3) is 3.71. The Morgan fingerprint density at radius 2 is 1.75 bits per heavy atom. The third-order valence-corrected chi connectivity index (χ3v) is 5.95. The fraction of sp³-hybridized carbons (Fsp3) is 0.130. The molecule has 0 saturated heterocycles. The van der Waals surface area contributed by atoms with E-state index in [1.165, 1.54) is 0 Å². The highest BCUT2D eigenvalue weighted by Crippen LogP contribution is 2.42. The average Bonchev–Trinajstić information content (AvgIpc) is 2.88. The molecule has 0 aliphatic carbocycles. The summed E-state index contributed by atoms with van der Waals surface area (Å²) < 4.78 is 0. The Balaban J connectivity index is 1.87. The number of carbonyl (C=O) groups excluding carboxylic acids is 1. The van der Waals surface area contributed by atoms with Crippen LogP contribution in [0.3, 0.4) is 0 Å². The smallest absolute Gasteiger partial charge is 0.251 e. The lowest BCUT2D eigenvalue weighted by atomic mass is 10.0. The summed E-state index contributed by atoms with van der Waals surface area (Å²) in [6.07, 6.45) is 0.899. The van der Waals surface area contributed by atoms with Gasteiger partial charge in [-0.1, -0.05) is 66.7 Å². The molecule has 3 nitrogen and oxygen atoms in total. The molecule has 3 aromatic carbocycles. The number of rotatable bonds is 4. The van der Waals surface area contributed by atoms with Gasteiger partial charge in [-0.15, -0.1) is 0 Å². The van der Waals surface area contributed by atoms with Gasteiger partial charge in [-0.2, -0.15) is 0 Å². The van der Waals surface area contributed by atoms with Gasteiger partial charge in [0.25, 0.3) is 5.91 Å². The third-order valence-electron chi connectivity index (χ3n) is 4.48. The summed E-state index contributed by atoms with van der Waals surface area (Å²) in [5.74, 6) is -0.0779. The fourth-order valence-electron chi connectivity index (χ4n) is 3.08. The molecule has 5 heteroatoms. The van der Waals surface area contributed by atoms with E-state index in [0.717, 1.165) is 38.7 Å². The number of hydrogen-bond acceptors (Lipinski definition) is 3. The van der Waals surface area contributed by atoms with Gasteiger partial charge in [-0.3, -0.25) is 4.79 Å². The maximum absolute atomic E-state index is 12.4. The van der Waals surface area contributed by atoms with Gasteiger partial charge < -0.3 is 5.32 Å². The molecule has 0 fully saturated rings. The summed E-state index contributed by atoms with van der Waals surface area (Å²) in [6.45, 7) is 2.69. The summed E-state index contributed by atoms with van der Waals surface area (Å²) in [4.78, 5) is 19.5. The van der Waals surface area contributed by atoms with Gasteiger partial charge in [-0.05, 0) is 36.8 Å². The highest BCUT2D eigenvalue weighted by atomic mass is 35.5. The molecule has 1 aliphatic rings. The van der Waals surface area contributed by atoms with E-state index < -0.39 is 0 Å². The Labute approximate surface area is 173 Å². The van der Waals surface area contributed by atoms with Gasteiger partial charge in [0.1, 0.15) is 0 Å². The molecular weight excluding hydrogens is 388 g/mol. The van der Waals surface area contributed by atoms with E-state index in [2.05, 4.69) is 17.4 Å². The van der Waals surface area contributed by atoms with Crippen LogP contribution in [-0.2, 0) is 0 Å². The normalized spacial score (nSPS) is 12.4. The van der Waals surface area contributed by atoms with Crippen molar-refractivity contribution >= 4 is 40.7 Å². The van der Waals surface area contributed by atoms with Crippen molar-refractivity contribution in [1.29, 1.82) is 0 Å². The monoisotopic (exact) mass is 406 g/mol. The first-order chi connectivity index (χ1) is 13.7. The van der Waals surface area contributed by atoms with Crippen LogP contribution in [0, 0.1) is 0 Å². The van der Waals surface area contributed by atoms with Crippen LogP contribution < -0.4 is 5.32 Å². The fourth-order valence-corrected chi connectivity index (χ4v) is 4.31. The second-order valence-electron chi connectivity index (χ2n) is 6.48. The first kappa shape index (κ1) is 18.8. The van der Waals surface area contributed by atoms with Crippen LogP contribution in [0.25, 0.3) is 0 Å². The van der Waals surface area contributed by atoms with E-state index in [-0.39, 0.29) is 5.91 Å². The maximum atomic E-state index is 12.4. The molecule has 0 aromatic heterocycles. The minimum absolute atomic E-state index is 0.0779. The van der Waals surface area contributed by atoms with E-state index in [4.69, 9.17) is 16.6 Å². The van der Waals surface area contributed by atoms with Crippen LogP contribution in [-0.4, -0.2) is 18.2 Å². The van der Waals surface area contributed by atoms with Crippen molar-refractivity contribution in [3.8, 4) is 0 Å². The van der Waals surface area contributed by atoms with E-state index in [1.807, 2.05) is 61.5 Å². The average molecular weight is 407 g/mol. The van der Waals surface area contributed by atoms with Crippen molar-refractivity contribution in [3.63, 3.8) is 0 Å².